The van der Waals surface area contributed by atoms with E-state index >= 15 is 0 Å². The molecule has 0 aliphatic heterocycles. The first-order valence-corrected chi connectivity index (χ1v) is 6.05. The van der Waals surface area contributed by atoms with Gasteiger partial charge in [0.1, 0.15) is 0 Å². The summed E-state index contributed by atoms with van der Waals surface area (Å²) in [5.41, 5.74) is 0.812. The van der Waals surface area contributed by atoms with Crippen molar-refractivity contribution in [3.8, 4) is 0 Å². The van der Waals surface area contributed by atoms with Gasteiger partial charge in [0.2, 0.25) is 5.91 Å². The fourth-order valence-corrected chi connectivity index (χ4v) is 1.39. The van der Waals surface area contributed by atoms with Gasteiger partial charge in [0, 0.05) is 6.54 Å². The summed E-state index contributed by atoms with van der Waals surface area (Å²) < 4.78 is 4.62. The molecule has 0 unspecified atom stereocenters. The third-order valence-electron chi connectivity index (χ3n) is 3.02. The van der Waals surface area contributed by atoms with Gasteiger partial charge in [0.05, 0.1) is 18.2 Å². The smallest absolute Gasteiger partial charge is 0.337 e. The Morgan fingerprint density at radius 1 is 1.21 bits per heavy atom. The van der Waals surface area contributed by atoms with Crippen molar-refractivity contribution in [1.29, 1.82) is 0 Å². The monoisotopic (exact) mass is 264 g/mol. The predicted octanol–water partition coefficient (Wildman–Crippen LogP) is 1.09. The van der Waals surface area contributed by atoms with Crippen LogP contribution in [0.3, 0.4) is 0 Å². The summed E-state index contributed by atoms with van der Waals surface area (Å²) in [5.74, 6) is -0.445. The largest absolute Gasteiger partial charge is 0.465 e. The van der Waals surface area contributed by atoms with Crippen molar-refractivity contribution in [2.75, 3.05) is 14.2 Å². The molecule has 0 aromatic heterocycles. The summed E-state index contributed by atoms with van der Waals surface area (Å²) in [6.45, 7) is 4.04. The molecule has 0 saturated heterocycles. The van der Waals surface area contributed by atoms with Gasteiger partial charge in [-0.1, -0.05) is 12.1 Å². The Balaban J connectivity index is 2.60. The highest BCUT2D eigenvalue weighted by Gasteiger charge is 2.24. The van der Waals surface area contributed by atoms with Crippen LogP contribution in [0.2, 0.25) is 0 Å². The van der Waals surface area contributed by atoms with Crippen LogP contribution in [-0.4, -0.2) is 31.6 Å². The molecule has 1 rings (SSSR count). The van der Waals surface area contributed by atoms with Crippen molar-refractivity contribution in [1.82, 2.24) is 10.6 Å². The zero-order chi connectivity index (χ0) is 14.5. The number of rotatable bonds is 5. The number of nitrogens with one attached hydrogen (secondary N) is 2. The van der Waals surface area contributed by atoms with Gasteiger partial charge in [-0.2, -0.15) is 0 Å². The highest BCUT2D eigenvalue weighted by Crippen LogP contribution is 2.07. The van der Waals surface area contributed by atoms with E-state index in [2.05, 4.69) is 15.4 Å². The molecule has 0 bridgehead atoms. The molecular weight excluding hydrogens is 244 g/mol. The van der Waals surface area contributed by atoms with Gasteiger partial charge in [0.15, 0.2) is 0 Å². The van der Waals surface area contributed by atoms with Gasteiger partial charge >= 0.3 is 5.97 Å². The van der Waals surface area contributed by atoms with E-state index in [1.807, 2.05) is 13.8 Å². The second-order valence-corrected chi connectivity index (χ2v) is 4.75. The topological polar surface area (TPSA) is 67.4 Å². The van der Waals surface area contributed by atoms with Crippen LogP contribution in [0.5, 0.6) is 0 Å². The van der Waals surface area contributed by atoms with E-state index in [1.54, 1.807) is 31.3 Å². The minimum Gasteiger partial charge on any atom is -0.465 e. The maximum Gasteiger partial charge on any atom is 0.337 e. The molecule has 0 aliphatic carbocycles. The van der Waals surface area contributed by atoms with Crippen LogP contribution in [-0.2, 0) is 16.1 Å². The van der Waals surface area contributed by atoms with Crippen molar-refractivity contribution in [3.05, 3.63) is 35.4 Å². The number of likely N-dealkylation sites (N-methyl/N-ethyl adjacent to an activating group) is 1. The number of hydrogen-bond donors (Lipinski definition) is 2. The summed E-state index contributed by atoms with van der Waals surface area (Å²) in [6.07, 6.45) is 0. The Bertz CT molecular complexity index is 452. The molecule has 19 heavy (non-hydrogen) atoms. The molecule has 104 valence electrons. The van der Waals surface area contributed by atoms with Crippen LogP contribution in [0.1, 0.15) is 29.8 Å². The fourth-order valence-electron chi connectivity index (χ4n) is 1.39. The molecule has 5 heteroatoms. The van der Waals surface area contributed by atoms with Crippen LogP contribution in [0, 0.1) is 0 Å². The third kappa shape index (κ3) is 4.06. The van der Waals surface area contributed by atoms with Gasteiger partial charge in [0.25, 0.3) is 0 Å². The Labute approximate surface area is 113 Å². The quantitative estimate of drug-likeness (QED) is 0.781. The number of esters is 1. The van der Waals surface area contributed by atoms with Gasteiger partial charge in [-0.15, -0.1) is 0 Å². The molecule has 0 aliphatic rings. The van der Waals surface area contributed by atoms with Gasteiger partial charge in [-0.05, 0) is 38.6 Å². The second kappa shape index (κ2) is 6.33. The van der Waals surface area contributed by atoms with Crippen LogP contribution >= 0.6 is 0 Å². The van der Waals surface area contributed by atoms with Crippen molar-refractivity contribution in [2.24, 2.45) is 0 Å². The van der Waals surface area contributed by atoms with E-state index in [0.717, 1.165) is 5.56 Å². The number of amides is 1. The van der Waals surface area contributed by atoms with Crippen molar-refractivity contribution in [2.45, 2.75) is 25.9 Å². The molecule has 0 atom stereocenters. The normalized spacial score (nSPS) is 10.9. The minimum atomic E-state index is -0.605. The SMILES string of the molecule is CNC(C)(C)C(=O)NCc1ccc(C(=O)OC)cc1. The summed E-state index contributed by atoms with van der Waals surface area (Å²) in [6, 6.07) is 6.94. The molecular formula is C14H20N2O3. The van der Waals surface area contributed by atoms with Gasteiger partial charge < -0.3 is 15.4 Å². The number of carbonyl (C=O) groups is 2. The summed E-state index contributed by atoms with van der Waals surface area (Å²) in [7, 11) is 3.08. The zero-order valence-electron chi connectivity index (χ0n) is 11.7. The minimum absolute atomic E-state index is 0.0768. The molecule has 1 aromatic rings. The van der Waals surface area contributed by atoms with E-state index in [9.17, 15) is 9.59 Å². The number of carbonyl (C=O) groups excluding carboxylic acids is 2. The Kier molecular flexibility index (Phi) is 5.06. The van der Waals surface area contributed by atoms with E-state index in [0.29, 0.717) is 12.1 Å². The van der Waals surface area contributed by atoms with Crippen LogP contribution in [0.15, 0.2) is 24.3 Å². The summed E-state index contributed by atoms with van der Waals surface area (Å²) >= 11 is 0. The van der Waals surface area contributed by atoms with Crippen LogP contribution in [0.25, 0.3) is 0 Å². The lowest BCUT2D eigenvalue weighted by molar-refractivity contribution is -0.126. The number of ether oxygens (including phenoxy) is 1. The Morgan fingerprint density at radius 2 is 1.79 bits per heavy atom. The maximum atomic E-state index is 11.8. The van der Waals surface area contributed by atoms with E-state index in [4.69, 9.17) is 0 Å². The highest BCUT2D eigenvalue weighted by molar-refractivity contribution is 5.89. The van der Waals surface area contributed by atoms with Crippen molar-refractivity contribution >= 4 is 11.9 Å². The average molecular weight is 264 g/mol. The Hall–Kier alpha value is -1.88. The molecule has 0 fully saturated rings. The van der Waals surface area contributed by atoms with Gasteiger partial charge in [-0.25, -0.2) is 4.79 Å². The van der Waals surface area contributed by atoms with Crippen molar-refractivity contribution in [3.63, 3.8) is 0 Å². The molecule has 5 nitrogen and oxygen atoms in total. The van der Waals surface area contributed by atoms with E-state index < -0.39 is 5.54 Å². The average Bonchev–Trinajstić information content (AvgIpc) is 2.44. The van der Waals surface area contributed by atoms with Crippen molar-refractivity contribution < 1.29 is 14.3 Å². The predicted molar refractivity (Wildman–Crippen MR) is 72.8 cm³/mol. The maximum absolute atomic E-state index is 11.8. The van der Waals surface area contributed by atoms with Crippen LogP contribution in [0.4, 0.5) is 0 Å². The fraction of sp³-hybridized carbons (Fsp3) is 0.429. The number of hydrogen-bond acceptors (Lipinski definition) is 4. The lowest BCUT2D eigenvalue weighted by Crippen LogP contribution is -2.50. The van der Waals surface area contributed by atoms with E-state index in [-0.39, 0.29) is 11.9 Å². The molecule has 0 saturated carbocycles. The summed E-state index contributed by atoms with van der Waals surface area (Å²) in [5, 5.41) is 5.77. The molecule has 1 aromatic carbocycles. The lowest BCUT2D eigenvalue weighted by Gasteiger charge is -2.22. The Morgan fingerprint density at radius 3 is 2.26 bits per heavy atom. The lowest BCUT2D eigenvalue weighted by atomic mass is 10.0. The summed E-state index contributed by atoms with van der Waals surface area (Å²) in [4.78, 5) is 23.1. The van der Waals surface area contributed by atoms with Crippen LogP contribution < -0.4 is 10.6 Å². The number of benzene rings is 1. The van der Waals surface area contributed by atoms with Gasteiger partial charge in [-0.3, -0.25) is 4.79 Å². The second-order valence-electron chi connectivity index (χ2n) is 4.75. The molecule has 0 radical (unpaired) electrons. The first-order valence-electron chi connectivity index (χ1n) is 6.05. The molecule has 2 N–H and O–H groups in total. The first kappa shape index (κ1) is 15.2. The standard InChI is InChI=1S/C14H20N2O3/c1-14(2,15-3)13(18)16-9-10-5-7-11(8-6-10)12(17)19-4/h5-8,15H,9H2,1-4H3,(H,16,18). The molecule has 0 spiro atoms. The van der Waals surface area contributed by atoms with E-state index in [1.165, 1.54) is 7.11 Å². The molecule has 1 amide bonds. The number of methoxy groups -OCH3 is 1. The third-order valence-corrected chi connectivity index (χ3v) is 3.02. The first-order chi connectivity index (χ1) is 8.90. The molecule has 0 heterocycles. The highest BCUT2D eigenvalue weighted by atomic mass is 16.5. The zero-order valence-corrected chi connectivity index (χ0v) is 11.7.